The van der Waals surface area contributed by atoms with Crippen LogP contribution in [0.15, 0.2) is 173 Å². The molecule has 0 bridgehead atoms. The van der Waals surface area contributed by atoms with Crippen LogP contribution in [0.3, 0.4) is 0 Å². The summed E-state index contributed by atoms with van der Waals surface area (Å²) in [6.45, 7) is 4.88. The summed E-state index contributed by atoms with van der Waals surface area (Å²) in [5, 5.41) is 28.6. The molecule has 17 nitrogen and oxygen atoms in total. The van der Waals surface area contributed by atoms with Gasteiger partial charge in [-0.05, 0) is 98.0 Å². The van der Waals surface area contributed by atoms with Crippen LogP contribution in [0.2, 0.25) is 0 Å². The number of rotatable bonds is 17. The number of aliphatic hydroxyl groups is 1. The van der Waals surface area contributed by atoms with Crippen LogP contribution in [-0.4, -0.2) is 104 Å². The Morgan fingerprint density at radius 1 is 0.545 bits per heavy atom. The van der Waals surface area contributed by atoms with Crippen molar-refractivity contribution in [1.82, 2.24) is 30.1 Å². The van der Waals surface area contributed by atoms with E-state index in [0.29, 0.717) is 73.6 Å². The van der Waals surface area contributed by atoms with E-state index in [9.17, 15) is 50.6 Å². The molecule has 11 rings (SSSR count). The van der Waals surface area contributed by atoms with Gasteiger partial charge in [-0.2, -0.15) is 26.3 Å². The molecule has 4 aromatic heterocycles. The van der Waals surface area contributed by atoms with Gasteiger partial charge < -0.3 is 24.0 Å². The van der Waals surface area contributed by atoms with Crippen LogP contribution in [0, 0.1) is 0 Å². The predicted octanol–water partition coefficient (Wildman–Crippen LogP) is 12.4. The fraction of sp³-hybridized carbons (Fsp3) is 0.281. The number of carbonyl (C=O) groups is 4. The molecule has 0 unspecified atom stereocenters. The van der Waals surface area contributed by atoms with Crippen molar-refractivity contribution >= 4 is 81.3 Å². The van der Waals surface area contributed by atoms with Gasteiger partial charge in [-0.3, -0.25) is 29.2 Å². The number of aliphatic hydroxyl groups excluding tert-OH is 1. The highest BCUT2D eigenvalue weighted by molar-refractivity contribution is 7.79. The maximum atomic E-state index is 13.2. The second-order valence-electron chi connectivity index (χ2n) is 19.9. The average Bonchev–Trinajstić information content (AvgIpc) is 2.29. The number of nitrogens with zero attached hydrogens (tertiary/aromatic N) is 8. The standard InChI is InChI=1S/C23H23F3N4O4.C18H15P.C12H15N3O3.C11H10F3NO2/c1-2-6-15-17(9-8-16-20(15)34-28-21(16)23(24,25)26)33-14-5-12-30-19(31)10-13-29(22(30)32)18-7-3-4-11-27-18;1-4-10-16(11-5-1)19(17-12-6-2-7-13-17)18-14-8-3-9-15-18;16-9-3-7-15-11(17)5-8-14(12(15)18)10-4-1-2-6-13-10;1-2-3-6-8(16)5-4-7-9(6)17-15-10(7)11(12,13)14/h3-4,7-9,11H,2,5-6,10,12-14H2,1H3;1-15H;1-2,4,6,16H,3,5,7-9H2;4-5,16H,2-3H2,1H3. The Labute approximate surface area is 503 Å². The summed E-state index contributed by atoms with van der Waals surface area (Å²) in [7, 11) is -0.446. The Kier molecular flexibility index (Phi) is 22.4. The molecule has 0 aliphatic carbocycles. The molecule has 24 heteroatoms. The number of urea groups is 2. The molecule has 2 saturated heterocycles. The Balaban J connectivity index is 0.000000160. The normalized spacial score (nSPS) is 13.7. The molecule has 2 aliphatic heterocycles. The number of hydrogen-bond donors (Lipinski definition) is 2. The first-order valence-corrected chi connectivity index (χ1v) is 29.7. The van der Waals surface area contributed by atoms with Gasteiger partial charge in [0.05, 0.1) is 17.4 Å². The van der Waals surface area contributed by atoms with E-state index in [4.69, 9.17) is 18.9 Å². The van der Waals surface area contributed by atoms with Gasteiger partial charge in [-0.25, -0.2) is 19.6 Å². The zero-order valence-corrected chi connectivity index (χ0v) is 48.9. The number of phenols is 1. The van der Waals surface area contributed by atoms with E-state index in [1.54, 1.807) is 48.8 Å². The smallest absolute Gasteiger partial charge is 0.437 e. The number of halogens is 6. The van der Waals surface area contributed by atoms with Gasteiger partial charge in [0, 0.05) is 69.1 Å². The highest BCUT2D eigenvalue weighted by Crippen LogP contribution is 2.40. The molecular weight excluding hydrogens is 1170 g/mol. The molecule has 2 aliphatic rings. The predicted molar refractivity (Wildman–Crippen MR) is 321 cm³/mol. The number of amides is 6. The summed E-state index contributed by atoms with van der Waals surface area (Å²) in [4.78, 5) is 62.5. The highest BCUT2D eigenvalue weighted by atomic mass is 31.1. The van der Waals surface area contributed by atoms with Crippen LogP contribution < -0.4 is 30.5 Å². The number of aromatic hydroxyl groups is 1. The number of imide groups is 2. The molecule has 6 amide bonds. The van der Waals surface area contributed by atoms with E-state index in [-0.39, 0.29) is 91.2 Å². The van der Waals surface area contributed by atoms with Crippen molar-refractivity contribution in [3.05, 3.63) is 187 Å². The lowest BCUT2D eigenvalue weighted by Gasteiger charge is -2.33. The molecule has 2 N–H and O–H groups in total. The minimum atomic E-state index is -4.62. The zero-order chi connectivity index (χ0) is 62.8. The number of hydrogen-bond acceptors (Lipinski definition) is 13. The fourth-order valence-electron chi connectivity index (χ4n) is 9.70. The van der Waals surface area contributed by atoms with E-state index in [2.05, 4.69) is 111 Å². The Bertz CT molecular complexity index is 3640. The quantitative estimate of drug-likeness (QED) is 0.0494. The lowest BCUT2D eigenvalue weighted by atomic mass is 10.0. The summed E-state index contributed by atoms with van der Waals surface area (Å²) in [6, 6.07) is 47.2. The molecule has 9 aromatic rings. The summed E-state index contributed by atoms with van der Waals surface area (Å²) in [5.74, 6) is 0.884. The number of aromatic nitrogens is 4. The number of ether oxygens (including phenoxy) is 1. The molecule has 0 radical (unpaired) electrons. The lowest BCUT2D eigenvalue weighted by Crippen LogP contribution is -2.53. The average molecular weight is 1230 g/mol. The minimum Gasteiger partial charge on any atom is -0.508 e. The van der Waals surface area contributed by atoms with Gasteiger partial charge in [-0.15, -0.1) is 0 Å². The third kappa shape index (κ3) is 16.0. The first-order chi connectivity index (χ1) is 42.4. The highest BCUT2D eigenvalue weighted by Gasteiger charge is 2.39. The number of fused-ring (bicyclic) bond motifs is 2. The van der Waals surface area contributed by atoms with Crippen molar-refractivity contribution in [1.29, 1.82) is 0 Å². The number of alkyl halides is 6. The van der Waals surface area contributed by atoms with Gasteiger partial charge in [0.15, 0.2) is 22.6 Å². The van der Waals surface area contributed by atoms with E-state index in [1.807, 2.05) is 13.8 Å². The number of carbonyl (C=O) groups excluding carboxylic acids is 4. The second-order valence-corrected chi connectivity index (χ2v) is 22.1. The molecule has 88 heavy (non-hydrogen) atoms. The maximum Gasteiger partial charge on any atom is 0.437 e. The van der Waals surface area contributed by atoms with Crippen LogP contribution in [-0.2, 0) is 34.8 Å². The first-order valence-electron chi connectivity index (χ1n) is 28.4. The molecule has 0 spiro atoms. The molecule has 6 heterocycles. The van der Waals surface area contributed by atoms with Crippen LogP contribution in [0.25, 0.3) is 21.9 Å². The van der Waals surface area contributed by atoms with Gasteiger partial charge in [0.1, 0.15) is 23.1 Å². The van der Waals surface area contributed by atoms with Gasteiger partial charge in [0.25, 0.3) is 0 Å². The largest absolute Gasteiger partial charge is 0.508 e. The Morgan fingerprint density at radius 3 is 1.39 bits per heavy atom. The first kappa shape index (κ1) is 64.8. The number of phenolic OH excluding ortho intramolecular Hbond substituents is 1. The summed E-state index contributed by atoms with van der Waals surface area (Å²) >= 11 is 0. The molecule has 0 atom stereocenters. The molecule has 460 valence electrons. The molecule has 2 fully saturated rings. The Morgan fingerprint density at radius 2 is 0.966 bits per heavy atom. The van der Waals surface area contributed by atoms with E-state index in [0.717, 1.165) is 0 Å². The third-order valence-electron chi connectivity index (χ3n) is 13.8. The van der Waals surface area contributed by atoms with Crippen molar-refractivity contribution in [2.24, 2.45) is 0 Å². The van der Waals surface area contributed by atoms with Crippen LogP contribution in [0.4, 0.5) is 47.6 Å². The molecular formula is C64H63F6N8O9P. The number of benzene rings is 5. The molecule has 0 saturated carbocycles. The number of anilines is 2. The zero-order valence-electron chi connectivity index (χ0n) is 48.0. The van der Waals surface area contributed by atoms with Crippen molar-refractivity contribution in [2.75, 3.05) is 49.2 Å². The van der Waals surface area contributed by atoms with Gasteiger partial charge >= 0.3 is 24.4 Å². The monoisotopic (exact) mass is 1230 g/mol. The van der Waals surface area contributed by atoms with Crippen LogP contribution in [0.1, 0.15) is 74.9 Å². The van der Waals surface area contributed by atoms with Crippen molar-refractivity contribution in [3.8, 4) is 11.5 Å². The number of aryl methyl sites for hydroxylation is 2. The number of pyridine rings is 2. The topological polar surface area (TPSA) is 209 Å². The minimum absolute atomic E-state index is 0.0131. The molecule has 5 aromatic carbocycles. The van der Waals surface area contributed by atoms with E-state index < -0.39 is 37.7 Å². The SMILES string of the molecule is CCCc1c(O)ccc2c(C(F)(F)F)noc12.CCCc1c(OCCCN2C(=O)CCN(c3ccccn3)C2=O)ccc2c(C(F)(F)F)noc12.O=C1CCN(c2ccccn2)C(=O)N1CCCO.c1ccc(P(c2ccccc2)c2ccccc2)cc1. The summed E-state index contributed by atoms with van der Waals surface area (Å²) in [6.07, 6.45) is -2.52. The van der Waals surface area contributed by atoms with Gasteiger partial charge in [0.2, 0.25) is 11.8 Å². The summed E-state index contributed by atoms with van der Waals surface area (Å²) in [5.41, 5.74) is -1.17. The summed E-state index contributed by atoms with van der Waals surface area (Å²) < 4.78 is 92.8. The van der Waals surface area contributed by atoms with Crippen molar-refractivity contribution in [3.63, 3.8) is 0 Å². The van der Waals surface area contributed by atoms with Crippen LogP contribution >= 0.6 is 7.92 Å². The van der Waals surface area contributed by atoms with Crippen molar-refractivity contribution in [2.45, 2.75) is 77.6 Å². The van der Waals surface area contributed by atoms with Crippen LogP contribution in [0.5, 0.6) is 11.5 Å². The van der Waals surface area contributed by atoms with Crippen molar-refractivity contribution < 1.29 is 69.5 Å². The third-order valence-corrected chi connectivity index (χ3v) is 16.2. The second kappa shape index (κ2) is 30.4. The van der Waals surface area contributed by atoms with E-state index in [1.165, 1.54) is 59.8 Å². The van der Waals surface area contributed by atoms with Gasteiger partial charge in [-0.1, -0.05) is 140 Å². The Hall–Kier alpha value is -9.21. The lowest BCUT2D eigenvalue weighted by molar-refractivity contribution is -0.142. The maximum absolute atomic E-state index is 13.2. The fourth-order valence-corrected chi connectivity index (χ4v) is 12.0. The van der Waals surface area contributed by atoms with E-state index >= 15 is 0 Å².